The van der Waals surface area contributed by atoms with Gasteiger partial charge in [-0.05, 0) is 24.5 Å². The highest BCUT2D eigenvalue weighted by Crippen LogP contribution is 2.23. The highest BCUT2D eigenvalue weighted by atomic mass is 32.1. The second-order valence-electron chi connectivity index (χ2n) is 5.36. The second-order valence-corrected chi connectivity index (χ2v) is 6.22. The number of benzene rings is 1. The van der Waals surface area contributed by atoms with Gasteiger partial charge in [-0.1, -0.05) is 18.2 Å². The maximum Gasteiger partial charge on any atom is 0.223 e. The van der Waals surface area contributed by atoms with E-state index in [-0.39, 0.29) is 5.91 Å². The van der Waals surface area contributed by atoms with Crippen LogP contribution < -0.4 is 15.4 Å². The first-order valence-electron chi connectivity index (χ1n) is 7.37. The quantitative estimate of drug-likeness (QED) is 0.910. The number of carbonyl (C=O) groups excluding carboxylic acids is 1. The number of rotatable bonds is 4. The number of carbonyl (C=O) groups is 1. The Hall–Kier alpha value is -1.92. The Morgan fingerprint density at radius 3 is 3.18 bits per heavy atom. The van der Waals surface area contributed by atoms with Gasteiger partial charge < -0.3 is 15.4 Å². The molecule has 1 aromatic heterocycles. The van der Waals surface area contributed by atoms with E-state index < -0.39 is 0 Å². The Morgan fingerprint density at radius 1 is 1.45 bits per heavy atom. The third-order valence-corrected chi connectivity index (χ3v) is 4.39. The number of fused-ring (bicyclic) bond motifs is 1. The summed E-state index contributed by atoms with van der Waals surface area (Å²) in [5.74, 6) is 0.900. The van der Waals surface area contributed by atoms with Crippen molar-refractivity contribution in [2.75, 3.05) is 11.9 Å². The summed E-state index contributed by atoms with van der Waals surface area (Å²) in [6.07, 6.45) is 2.06. The van der Waals surface area contributed by atoms with Crippen molar-refractivity contribution in [3.63, 3.8) is 0 Å². The second kappa shape index (κ2) is 6.89. The van der Waals surface area contributed by atoms with Crippen molar-refractivity contribution in [1.82, 2.24) is 10.3 Å². The number of nitrogens with one attached hydrogen (secondary N) is 2. The lowest BCUT2D eigenvalue weighted by Crippen LogP contribution is -2.33. The molecule has 0 saturated heterocycles. The lowest BCUT2D eigenvalue weighted by molar-refractivity contribution is -0.114. The van der Waals surface area contributed by atoms with E-state index in [1.54, 1.807) is 0 Å². The van der Waals surface area contributed by atoms with Crippen LogP contribution in [0.4, 0.5) is 5.13 Å². The topological polar surface area (TPSA) is 63.2 Å². The average molecular weight is 317 g/mol. The highest BCUT2D eigenvalue weighted by Gasteiger charge is 2.16. The molecule has 5 nitrogen and oxygen atoms in total. The van der Waals surface area contributed by atoms with Crippen LogP contribution in [-0.4, -0.2) is 23.5 Å². The summed E-state index contributed by atoms with van der Waals surface area (Å²) in [5, 5.41) is 8.80. The zero-order valence-corrected chi connectivity index (χ0v) is 13.3. The SMILES string of the molecule is CC(=O)Nc1nc(CNC2CCc3ccccc3OC2)cs1. The molecule has 1 amide bonds. The molecular formula is C16H19N3O2S. The number of thiazole rings is 1. The van der Waals surface area contributed by atoms with Crippen LogP contribution in [0.25, 0.3) is 0 Å². The third-order valence-electron chi connectivity index (χ3n) is 3.58. The molecule has 2 aromatic rings. The maximum absolute atomic E-state index is 11.0. The number of ether oxygens (including phenoxy) is 1. The predicted molar refractivity (Wildman–Crippen MR) is 87.3 cm³/mol. The standard InChI is InChI=1S/C16H19N3O2S/c1-11(20)18-16-19-14(10-22-16)8-17-13-7-6-12-4-2-3-5-15(12)21-9-13/h2-5,10,13,17H,6-9H2,1H3,(H,18,19,20). The molecule has 0 bridgehead atoms. The van der Waals surface area contributed by atoms with Crippen molar-refractivity contribution in [2.45, 2.75) is 32.4 Å². The van der Waals surface area contributed by atoms with Gasteiger partial charge in [-0.15, -0.1) is 11.3 Å². The van der Waals surface area contributed by atoms with Gasteiger partial charge in [0.15, 0.2) is 5.13 Å². The van der Waals surface area contributed by atoms with E-state index in [0.717, 1.165) is 24.3 Å². The molecule has 1 unspecified atom stereocenters. The van der Waals surface area contributed by atoms with Crippen LogP contribution in [-0.2, 0) is 17.8 Å². The number of anilines is 1. The minimum absolute atomic E-state index is 0.0937. The summed E-state index contributed by atoms with van der Waals surface area (Å²) in [5.41, 5.74) is 2.21. The van der Waals surface area contributed by atoms with Crippen molar-refractivity contribution < 1.29 is 9.53 Å². The normalized spacial score (nSPS) is 17.2. The van der Waals surface area contributed by atoms with Gasteiger partial charge in [0.25, 0.3) is 0 Å². The molecule has 2 heterocycles. The third kappa shape index (κ3) is 3.84. The predicted octanol–water partition coefficient (Wildman–Crippen LogP) is 2.58. The fraction of sp³-hybridized carbons (Fsp3) is 0.375. The number of nitrogens with zero attached hydrogens (tertiary/aromatic N) is 1. The van der Waals surface area contributed by atoms with E-state index in [2.05, 4.69) is 27.8 Å². The molecule has 1 aromatic carbocycles. The minimum Gasteiger partial charge on any atom is -0.492 e. The number of amides is 1. The zero-order valence-electron chi connectivity index (χ0n) is 12.5. The largest absolute Gasteiger partial charge is 0.492 e. The summed E-state index contributed by atoms with van der Waals surface area (Å²) >= 11 is 1.44. The highest BCUT2D eigenvalue weighted by molar-refractivity contribution is 7.13. The van der Waals surface area contributed by atoms with Crippen molar-refractivity contribution >= 4 is 22.4 Å². The molecule has 2 N–H and O–H groups in total. The summed E-state index contributed by atoms with van der Waals surface area (Å²) < 4.78 is 5.87. The van der Waals surface area contributed by atoms with Crippen LogP contribution in [0.3, 0.4) is 0 Å². The van der Waals surface area contributed by atoms with Crippen molar-refractivity contribution in [3.05, 3.63) is 40.9 Å². The van der Waals surface area contributed by atoms with Crippen molar-refractivity contribution in [1.29, 1.82) is 0 Å². The summed E-state index contributed by atoms with van der Waals surface area (Å²) in [6, 6.07) is 8.51. The first-order chi connectivity index (χ1) is 10.7. The molecule has 1 aliphatic heterocycles. The molecule has 3 rings (SSSR count). The minimum atomic E-state index is -0.0937. The summed E-state index contributed by atoms with van der Waals surface area (Å²) in [7, 11) is 0. The van der Waals surface area contributed by atoms with Crippen LogP contribution in [0.2, 0.25) is 0 Å². The van der Waals surface area contributed by atoms with Gasteiger partial charge in [0.1, 0.15) is 12.4 Å². The lowest BCUT2D eigenvalue weighted by atomic mass is 10.1. The maximum atomic E-state index is 11.0. The van der Waals surface area contributed by atoms with Gasteiger partial charge in [0.05, 0.1) is 5.69 Å². The Morgan fingerprint density at radius 2 is 2.32 bits per heavy atom. The number of aromatic nitrogens is 1. The van der Waals surface area contributed by atoms with Crippen molar-refractivity contribution in [3.8, 4) is 5.75 Å². The zero-order chi connectivity index (χ0) is 15.4. The molecule has 0 saturated carbocycles. The Bertz CT molecular complexity index is 629. The molecule has 0 radical (unpaired) electrons. The molecule has 22 heavy (non-hydrogen) atoms. The molecule has 1 aliphatic rings. The first kappa shape index (κ1) is 15.0. The molecular weight excluding hydrogens is 298 g/mol. The van der Waals surface area contributed by atoms with Gasteiger partial charge in [-0.25, -0.2) is 4.98 Å². The molecule has 0 spiro atoms. The summed E-state index contributed by atoms with van der Waals surface area (Å²) in [4.78, 5) is 15.4. The summed E-state index contributed by atoms with van der Waals surface area (Å²) in [6.45, 7) is 2.83. The number of aryl methyl sites for hydroxylation is 1. The van der Waals surface area contributed by atoms with E-state index in [0.29, 0.717) is 24.3 Å². The van der Waals surface area contributed by atoms with Crippen LogP contribution >= 0.6 is 11.3 Å². The van der Waals surface area contributed by atoms with E-state index in [4.69, 9.17) is 4.74 Å². The van der Waals surface area contributed by atoms with Crippen LogP contribution in [0, 0.1) is 0 Å². The van der Waals surface area contributed by atoms with Crippen molar-refractivity contribution in [2.24, 2.45) is 0 Å². The van der Waals surface area contributed by atoms with Gasteiger partial charge in [-0.3, -0.25) is 4.79 Å². The smallest absolute Gasteiger partial charge is 0.223 e. The van der Waals surface area contributed by atoms with E-state index in [1.165, 1.54) is 23.8 Å². The molecule has 1 atom stereocenters. The fourth-order valence-electron chi connectivity index (χ4n) is 2.46. The van der Waals surface area contributed by atoms with E-state index in [1.807, 2.05) is 17.5 Å². The molecule has 0 fully saturated rings. The van der Waals surface area contributed by atoms with Crippen LogP contribution in [0.1, 0.15) is 24.6 Å². The van der Waals surface area contributed by atoms with Gasteiger partial charge in [-0.2, -0.15) is 0 Å². The Balaban J connectivity index is 1.52. The number of hydrogen-bond acceptors (Lipinski definition) is 5. The first-order valence-corrected chi connectivity index (χ1v) is 8.25. The lowest BCUT2D eigenvalue weighted by Gasteiger charge is -2.15. The average Bonchev–Trinajstić information content (AvgIpc) is 2.83. The fourth-order valence-corrected chi connectivity index (χ4v) is 3.22. The molecule has 116 valence electrons. The Labute approximate surface area is 133 Å². The van der Waals surface area contributed by atoms with E-state index >= 15 is 0 Å². The monoisotopic (exact) mass is 317 g/mol. The van der Waals surface area contributed by atoms with Gasteiger partial charge in [0, 0.05) is 24.9 Å². The van der Waals surface area contributed by atoms with E-state index in [9.17, 15) is 4.79 Å². The molecule has 0 aliphatic carbocycles. The van der Waals surface area contributed by atoms with Gasteiger partial charge in [0.2, 0.25) is 5.91 Å². The molecule has 6 heteroatoms. The van der Waals surface area contributed by atoms with Crippen LogP contribution in [0.15, 0.2) is 29.6 Å². The van der Waals surface area contributed by atoms with Gasteiger partial charge >= 0.3 is 0 Å². The number of hydrogen-bond donors (Lipinski definition) is 2. The number of para-hydroxylation sites is 1. The van der Waals surface area contributed by atoms with Crippen LogP contribution in [0.5, 0.6) is 5.75 Å². The Kier molecular flexibility index (Phi) is 4.70.